The van der Waals surface area contributed by atoms with Crippen molar-refractivity contribution in [2.75, 3.05) is 13.3 Å². The Hall–Kier alpha value is -1.75. The van der Waals surface area contributed by atoms with E-state index in [4.69, 9.17) is 0 Å². The summed E-state index contributed by atoms with van der Waals surface area (Å²) < 4.78 is 26.8. The van der Waals surface area contributed by atoms with E-state index in [1.54, 1.807) is 35.3 Å². The zero-order valence-electron chi connectivity index (χ0n) is 9.05. The predicted molar refractivity (Wildman–Crippen MR) is 59.4 cm³/mol. The van der Waals surface area contributed by atoms with Crippen LogP contribution >= 0.6 is 0 Å². The first-order chi connectivity index (χ1) is 8.19. The number of rotatable bonds is 4. The summed E-state index contributed by atoms with van der Waals surface area (Å²) in [6, 6.07) is 8.07. The second-order valence-corrected chi connectivity index (χ2v) is 3.80. The van der Waals surface area contributed by atoms with Gasteiger partial charge in [-0.2, -0.15) is 5.10 Å². The molecule has 0 spiro atoms. The number of benzene rings is 1. The first-order valence-corrected chi connectivity index (χ1v) is 5.14. The van der Waals surface area contributed by atoms with Crippen molar-refractivity contribution >= 4 is 0 Å². The van der Waals surface area contributed by atoms with Crippen molar-refractivity contribution in [2.45, 2.75) is 5.60 Å². The normalized spacial score (nSPS) is 11.7. The Kier molecular flexibility index (Phi) is 3.19. The van der Waals surface area contributed by atoms with Gasteiger partial charge in [0.2, 0.25) is 0 Å². The molecule has 0 saturated heterocycles. The molecule has 1 aromatic carbocycles. The monoisotopic (exact) mass is 238 g/mol. The third kappa shape index (κ3) is 2.19. The molecule has 0 bridgehead atoms. The Morgan fingerprint density at radius 3 is 2.29 bits per heavy atom. The highest BCUT2D eigenvalue weighted by Crippen LogP contribution is 2.23. The number of hydrogen-bond donors (Lipinski definition) is 1. The predicted octanol–water partition coefficient (Wildman–Crippen LogP) is 2.00. The molecular weight excluding hydrogens is 226 g/mol. The Balaban J connectivity index is 2.30. The van der Waals surface area contributed by atoms with Crippen molar-refractivity contribution in [1.29, 1.82) is 0 Å². The number of nitrogens with zero attached hydrogens (tertiary/aromatic N) is 2. The van der Waals surface area contributed by atoms with E-state index in [9.17, 15) is 13.9 Å². The summed E-state index contributed by atoms with van der Waals surface area (Å²) in [6.07, 6.45) is 3.39. The lowest BCUT2D eigenvalue weighted by atomic mass is 9.96. The minimum absolute atomic E-state index is 0.221. The van der Waals surface area contributed by atoms with Crippen molar-refractivity contribution in [3.8, 4) is 5.69 Å². The lowest BCUT2D eigenvalue weighted by Gasteiger charge is -2.21. The van der Waals surface area contributed by atoms with Gasteiger partial charge in [0.1, 0.15) is 19.0 Å². The summed E-state index contributed by atoms with van der Waals surface area (Å²) in [5.41, 5.74) is -1.06. The molecule has 2 rings (SSSR count). The molecular formula is C12H12F2N2O. The van der Waals surface area contributed by atoms with Gasteiger partial charge in [-0.1, -0.05) is 12.1 Å². The van der Waals surface area contributed by atoms with Gasteiger partial charge in [-0.25, -0.2) is 13.5 Å². The van der Waals surface area contributed by atoms with Gasteiger partial charge in [0, 0.05) is 12.4 Å². The summed E-state index contributed by atoms with van der Waals surface area (Å²) in [7, 11) is 0. The van der Waals surface area contributed by atoms with Crippen LogP contribution in [0.15, 0.2) is 42.7 Å². The van der Waals surface area contributed by atoms with Gasteiger partial charge < -0.3 is 5.11 Å². The fourth-order valence-corrected chi connectivity index (χ4v) is 1.54. The van der Waals surface area contributed by atoms with E-state index in [2.05, 4.69) is 5.10 Å². The van der Waals surface area contributed by atoms with Gasteiger partial charge in [-0.15, -0.1) is 0 Å². The highest BCUT2D eigenvalue weighted by atomic mass is 19.1. The molecule has 1 heterocycles. The largest absolute Gasteiger partial charge is 0.380 e. The van der Waals surface area contributed by atoms with Crippen LogP contribution in [-0.2, 0) is 5.60 Å². The smallest absolute Gasteiger partial charge is 0.146 e. The van der Waals surface area contributed by atoms with Gasteiger partial charge in [0.05, 0.1) is 5.69 Å². The quantitative estimate of drug-likeness (QED) is 0.884. The zero-order valence-corrected chi connectivity index (χ0v) is 9.05. The Bertz CT molecular complexity index is 464. The Morgan fingerprint density at radius 2 is 1.82 bits per heavy atom. The minimum atomic E-state index is -2.04. The number of aromatic nitrogens is 2. The molecule has 0 radical (unpaired) electrons. The molecule has 0 fully saturated rings. The standard InChI is InChI=1S/C12H12F2N2O/c13-8-12(17,9-14)10-2-4-11(5-3-10)16-7-1-6-15-16/h1-7,17H,8-9H2. The van der Waals surface area contributed by atoms with E-state index >= 15 is 0 Å². The van der Waals surface area contributed by atoms with Crippen LogP contribution in [0.1, 0.15) is 5.56 Å². The number of hydrogen-bond acceptors (Lipinski definition) is 2. The van der Waals surface area contributed by atoms with Crippen molar-refractivity contribution in [1.82, 2.24) is 9.78 Å². The molecule has 0 unspecified atom stereocenters. The van der Waals surface area contributed by atoms with Crippen LogP contribution in [0.5, 0.6) is 0 Å². The van der Waals surface area contributed by atoms with Crippen LogP contribution in [-0.4, -0.2) is 28.2 Å². The van der Waals surface area contributed by atoms with Gasteiger partial charge >= 0.3 is 0 Å². The van der Waals surface area contributed by atoms with Crippen LogP contribution in [0.4, 0.5) is 8.78 Å². The topological polar surface area (TPSA) is 38.0 Å². The second kappa shape index (κ2) is 4.63. The van der Waals surface area contributed by atoms with E-state index in [-0.39, 0.29) is 5.56 Å². The summed E-state index contributed by atoms with van der Waals surface area (Å²) >= 11 is 0. The van der Waals surface area contributed by atoms with Crippen LogP contribution in [0.25, 0.3) is 5.69 Å². The molecule has 1 N–H and O–H groups in total. The number of alkyl halides is 2. The van der Waals surface area contributed by atoms with Gasteiger partial charge in [-0.05, 0) is 23.8 Å². The average molecular weight is 238 g/mol. The number of halogens is 2. The molecule has 3 nitrogen and oxygen atoms in total. The van der Waals surface area contributed by atoms with Crippen LogP contribution in [0.2, 0.25) is 0 Å². The Morgan fingerprint density at radius 1 is 1.18 bits per heavy atom. The molecule has 0 amide bonds. The summed E-state index contributed by atoms with van der Waals surface area (Å²) in [6.45, 7) is -2.30. The molecule has 0 aliphatic heterocycles. The molecule has 0 saturated carbocycles. The molecule has 2 aromatic rings. The maximum absolute atomic E-state index is 12.6. The third-order valence-electron chi connectivity index (χ3n) is 2.62. The second-order valence-electron chi connectivity index (χ2n) is 3.80. The number of aliphatic hydroxyl groups is 1. The van der Waals surface area contributed by atoms with E-state index < -0.39 is 19.0 Å². The maximum Gasteiger partial charge on any atom is 0.146 e. The van der Waals surface area contributed by atoms with Crippen LogP contribution < -0.4 is 0 Å². The summed E-state index contributed by atoms with van der Waals surface area (Å²) in [5.74, 6) is 0. The fourth-order valence-electron chi connectivity index (χ4n) is 1.54. The minimum Gasteiger partial charge on any atom is -0.380 e. The van der Waals surface area contributed by atoms with Gasteiger partial charge in [-0.3, -0.25) is 0 Å². The van der Waals surface area contributed by atoms with E-state index in [0.717, 1.165) is 5.69 Å². The molecule has 1 aromatic heterocycles. The van der Waals surface area contributed by atoms with E-state index in [1.165, 1.54) is 12.1 Å². The lowest BCUT2D eigenvalue weighted by molar-refractivity contribution is -0.0111. The first-order valence-electron chi connectivity index (χ1n) is 5.14. The average Bonchev–Trinajstić information content (AvgIpc) is 2.92. The molecule has 0 atom stereocenters. The van der Waals surface area contributed by atoms with Crippen molar-refractivity contribution in [3.63, 3.8) is 0 Å². The highest BCUT2D eigenvalue weighted by Gasteiger charge is 2.29. The SMILES string of the molecule is OC(CF)(CF)c1ccc(-n2cccn2)cc1. The van der Waals surface area contributed by atoms with Crippen molar-refractivity contribution < 1.29 is 13.9 Å². The maximum atomic E-state index is 12.6. The molecule has 0 aliphatic rings. The molecule has 17 heavy (non-hydrogen) atoms. The van der Waals surface area contributed by atoms with Crippen molar-refractivity contribution in [3.05, 3.63) is 48.3 Å². The van der Waals surface area contributed by atoms with Crippen LogP contribution in [0, 0.1) is 0 Å². The van der Waals surface area contributed by atoms with E-state index in [1.807, 2.05) is 0 Å². The highest BCUT2D eigenvalue weighted by molar-refractivity contribution is 5.36. The first kappa shape index (κ1) is 11.7. The lowest BCUT2D eigenvalue weighted by Crippen LogP contribution is -2.30. The van der Waals surface area contributed by atoms with E-state index in [0.29, 0.717) is 0 Å². The molecule has 90 valence electrons. The molecule has 0 aliphatic carbocycles. The molecule has 5 heteroatoms. The fraction of sp³-hybridized carbons (Fsp3) is 0.250. The zero-order chi connectivity index (χ0) is 12.3. The van der Waals surface area contributed by atoms with Gasteiger partial charge in [0.25, 0.3) is 0 Å². The summed E-state index contributed by atoms with van der Waals surface area (Å²) in [5, 5.41) is 13.7. The van der Waals surface area contributed by atoms with Gasteiger partial charge in [0.15, 0.2) is 0 Å². The van der Waals surface area contributed by atoms with Crippen molar-refractivity contribution in [2.24, 2.45) is 0 Å². The summed E-state index contributed by atoms with van der Waals surface area (Å²) in [4.78, 5) is 0. The van der Waals surface area contributed by atoms with Crippen LogP contribution in [0.3, 0.4) is 0 Å². The Labute approximate surface area is 97.3 Å². The third-order valence-corrected chi connectivity index (χ3v) is 2.62.